The van der Waals surface area contributed by atoms with Crippen molar-refractivity contribution >= 4 is 0 Å². The summed E-state index contributed by atoms with van der Waals surface area (Å²) >= 11 is 0. The summed E-state index contributed by atoms with van der Waals surface area (Å²) in [5.41, 5.74) is 5.65. The Morgan fingerprint density at radius 1 is 1.44 bits per heavy atom. The van der Waals surface area contributed by atoms with Gasteiger partial charge >= 0.3 is 0 Å². The Morgan fingerprint density at radius 2 is 2.11 bits per heavy atom. The third kappa shape index (κ3) is 2.35. The fourth-order valence-electron chi connectivity index (χ4n) is 1.26. The minimum atomic E-state index is 0.571. The summed E-state index contributed by atoms with van der Waals surface area (Å²) in [5.74, 6) is 0.900. The van der Waals surface area contributed by atoms with Gasteiger partial charge in [0.2, 0.25) is 0 Å². The van der Waals surface area contributed by atoms with Crippen LogP contribution in [0.1, 0.15) is 39.0 Å². The summed E-state index contributed by atoms with van der Waals surface area (Å²) < 4.78 is 0. The van der Waals surface area contributed by atoms with Crippen LogP contribution in [0.25, 0.3) is 0 Å². The highest BCUT2D eigenvalue weighted by atomic mass is 14.7. The summed E-state index contributed by atoms with van der Waals surface area (Å²) in [7, 11) is 0. The van der Waals surface area contributed by atoms with Crippen molar-refractivity contribution in [2.75, 3.05) is 0 Å². The molecule has 2 N–H and O–H groups in total. The van der Waals surface area contributed by atoms with Crippen LogP contribution in [-0.4, -0.2) is 6.04 Å². The molecule has 2 atom stereocenters. The Labute approximate surface area is 57.6 Å². The monoisotopic (exact) mass is 127 g/mol. The molecule has 1 saturated carbocycles. The molecule has 1 heteroatoms. The average molecular weight is 127 g/mol. The van der Waals surface area contributed by atoms with Gasteiger partial charge in [0.25, 0.3) is 0 Å². The maximum absolute atomic E-state index is 5.65. The normalized spacial score (nSPS) is 32.7. The maximum atomic E-state index is 5.65. The van der Waals surface area contributed by atoms with E-state index in [0.717, 1.165) is 5.92 Å². The summed E-state index contributed by atoms with van der Waals surface area (Å²) in [6, 6.07) is 0.571. The zero-order chi connectivity index (χ0) is 6.69. The highest BCUT2D eigenvalue weighted by molar-refractivity contribution is 4.89. The lowest BCUT2D eigenvalue weighted by atomic mass is 10.1. The van der Waals surface area contributed by atoms with E-state index in [1.165, 1.54) is 32.1 Å². The van der Waals surface area contributed by atoms with E-state index in [1.54, 1.807) is 0 Å². The minimum Gasteiger partial charge on any atom is -0.327 e. The van der Waals surface area contributed by atoms with Crippen LogP contribution in [0, 0.1) is 5.92 Å². The highest BCUT2D eigenvalue weighted by Gasteiger charge is 2.31. The average Bonchev–Trinajstić information content (AvgIpc) is 2.48. The Bertz CT molecular complexity index is 80.6. The molecular weight excluding hydrogens is 110 g/mol. The number of rotatable bonds is 4. The van der Waals surface area contributed by atoms with Gasteiger partial charge in [0.1, 0.15) is 0 Å². The summed E-state index contributed by atoms with van der Waals surface area (Å²) in [4.78, 5) is 0. The molecular formula is C8H17N. The zero-order valence-corrected chi connectivity index (χ0v) is 6.27. The summed E-state index contributed by atoms with van der Waals surface area (Å²) in [5, 5.41) is 0. The van der Waals surface area contributed by atoms with E-state index in [0.29, 0.717) is 6.04 Å². The first-order valence-corrected chi connectivity index (χ1v) is 4.10. The van der Waals surface area contributed by atoms with Crippen molar-refractivity contribution in [2.24, 2.45) is 11.7 Å². The lowest BCUT2D eigenvalue weighted by Crippen LogP contribution is -2.01. The standard InChI is InChI=1S/C8H17N/c1-2-3-4-5-7-6-8(7)9/h7-8H,2-6,9H2,1H3/t7-,8-/m1/s1. The predicted octanol–water partition coefficient (Wildman–Crippen LogP) is 1.91. The SMILES string of the molecule is CCCCC[C@@H]1C[C@H]1N. The molecule has 1 rings (SSSR count). The second-order valence-corrected chi connectivity index (χ2v) is 3.16. The molecule has 1 aliphatic rings. The van der Waals surface area contributed by atoms with Gasteiger partial charge in [-0.1, -0.05) is 26.2 Å². The largest absolute Gasteiger partial charge is 0.327 e. The number of unbranched alkanes of at least 4 members (excludes halogenated alkanes) is 2. The molecule has 0 saturated heterocycles. The first kappa shape index (κ1) is 7.07. The van der Waals surface area contributed by atoms with Gasteiger partial charge in [-0.05, 0) is 18.8 Å². The molecule has 9 heavy (non-hydrogen) atoms. The van der Waals surface area contributed by atoms with Gasteiger partial charge in [-0.25, -0.2) is 0 Å². The second kappa shape index (κ2) is 3.21. The van der Waals surface area contributed by atoms with E-state index in [4.69, 9.17) is 5.73 Å². The van der Waals surface area contributed by atoms with Crippen molar-refractivity contribution in [1.82, 2.24) is 0 Å². The van der Waals surface area contributed by atoms with Gasteiger partial charge in [0.15, 0.2) is 0 Å². The third-order valence-corrected chi connectivity index (χ3v) is 2.16. The van der Waals surface area contributed by atoms with E-state index in [9.17, 15) is 0 Å². The van der Waals surface area contributed by atoms with Crippen LogP contribution < -0.4 is 5.73 Å². The quantitative estimate of drug-likeness (QED) is 0.574. The molecule has 0 aliphatic heterocycles. The molecule has 0 amide bonds. The molecule has 1 aliphatic carbocycles. The Hall–Kier alpha value is -0.0400. The van der Waals surface area contributed by atoms with Crippen LogP contribution >= 0.6 is 0 Å². The van der Waals surface area contributed by atoms with E-state index >= 15 is 0 Å². The molecule has 0 heterocycles. The minimum absolute atomic E-state index is 0.571. The van der Waals surface area contributed by atoms with Gasteiger partial charge in [0.05, 0.1) is 0 Å². The van der Waals surface area contributed by atoms with E-state index in [1.807, 2.05) is 0 Å². The van der Waals surface area contributed by atoms with Crippen molar-refractivity contribution < 1.29 is 0 Å². The van der Waals surface area contributed by atoms with Crippen LogP contribution in [0.5, 0.6) is 0 Å². The van der Waals surface area contributed by atoms with Crippen LogP contribution in [0.3, 0.4) is 0 Å². The van der Waals surface area contributed by atoms with Crippen LogP contribution in [0.4, 0.5) is 0 Å². The van der Waals surface area contributed by atoms with E-state index in [-0.39, 0.29) is 0 Å². The Kier molecular flexibility index (Phi) is 2.52. The molecule has 54 valence electrons. The summed E-state index contributed by atoms with van der Waals surface area (Å²) in [6.07, 6.45) is 6.80. The van der Waals surface area contributed by atoms with Gasteiger partial charge < -0.3 is 5.73 Å². The van der Waals surface area contributed by atoms with E-state index in [2.05, 4.69) is 6.92 Å². The smallest absolute Gasteiger partial charge is 0.00709 e. The number of nitrogens with two attached hydrogens (primary N) is 1. The van der Waals surface area contributed by atoms with Crippen molar-refractivity contribution in [3.8, 4) is 0 Å². The Balaban J connectivity index is 1.83. The van der Waals surface area contributed by atoms with Gasteiger partial charge in [-0.2, -0.15) is 0 Å². The highest BCUT2D eigenvalue weighted by Crippen LogP contribution is 2.32. The van der Waals surface area contributed by atoms with Crippen molar-refractivity contribution in [3.05, 3.63) is 0 Å². The molecule has 1 nitrogen and oxygen atoms in total. The molecule has 0 spiro atoms. The Morgan fingerprint density at radius 3 is 2.56 bits per heavy atom. The lowest BCUT2D eigenvalue weighted by Gasteiger charge is -1.94. The topological polar surface area (TPSA) is 26.0 Å². The first-order chi connectivity index (χ1) is 4.34. The zero-order valence-electron chi connectivity index (χ0n) is 6.27. The molecule has 0 bridgehead atoms. The van der Waals surface area contributed by atoms with Gasteiger partial charge in [-0.3, -0.25) is 0 Å². The molecule has 0 aromatic carbocycles. The molecule has 1 fully saturated rings. The molecule has 0 aromatic heterocycles. The van der Waals surface area contributed by atoms with Crippen molar-refractivity contribution in [3.63, 3.8) is 0 Å². The fraction of sp³-hybridized carbons (Fsp3) is 1.00. The predicted molar refractivity (Wildman–Crippen MR) is 40.2 cm³/mol. The number of hydrogen-bond acceptors (Lipinski definition) is 1. The van der Waals surface area contributed by atoms with Gasteiger partial charge in [0, 0.05) is 6.04 Å². The fourth-order valence-corrected chi connectivity index (χ4v) is 1.26. The molecule has 0 aromatic rings. The molecule has 0 radical (unpaired) electrons. The van der Waals surface area contributed by atoms with Crippen LogP contribution in [0.15, 0.2) is 0 Å². The van der Waals surface area contributed by atoms with E-state index < -0.39 is 0 Å². The third-order valence-electron chi connectivity index (χ3n) is 2.16. The number of hydrogen-bond donors (Lipinski definition) is 1. The lowest BCUT2D eigenvalue weighted by molar-refractivity contribution is 0.608. The van der Waals surface area contributed by atoms with Crippen LogP contribution in [-0.2, 0) is 0 Å². The first-order valence-electron chi connectivity index (χ1n) is 4.10. The second-order valence-electron chi connectivity index (χ2n) is 3.16. The van der Waals surface area contributed by atoms with Crippen molar-refractivity contribution in [1.29, 1.82) is 0 Å². The maximum Gasteiger partial charge on any atom is 0.00709 e. The molecule has 0 unspecified atom stereocenters. The summed E-state index contributed by atoms with van der Waals surface area (Å²) in [6.45, 7) is 2.24. The van der Waals surface area contributed by atoms with Gasteiger partial charge in [-0.15, -0.1) is 0 Å². The van der Waals surface area contributed by atoms with Crippen molar-refractivity contribution in [2.45, 2.75) is 45.1 Å². The van der Waals surface area contributed by atoms with Crippen LogP contribution in [0.2, 0.25) is 0 Å².